The summed E-state index contributed by atoms with van der Waals surface area (Å²) < 4.78 is 0. The third-order valence-electron chi connectivity index (χ3n) is 2.56. The molecule has 2 rings (SSSR count). The molecule has 1 aliphatic rings. The van der Waals surface area contributed by atoms with Crippen molar-refractivity contribution in [1.29, 1.82) is 0 Å². The average molecular weight is 263 g/mol. The maximum atomic E-state index is 11.8. The summed E-state index contributed by atoms with van der Waals surface area (Å²) in [4.78, 5) is 49.9. The van der Waals surface area contributed by atoms with Gasteiger partial charge >= 0.3 is 11.9 Å². The van der Waals surface area contributed by atoms with Gasteiger partial charge in [0.25, 0.3) is 11.8 Å². The lowest BCUT2D eigenvalue weighted by molar-refractivity contribution is -0.172. The highest BCUT2D eigenvalue weighted by Crippen LogP contribution is 2.16. The van der Waals surface area contributed by atoms with Crippen LogP contribution in [0.2, 0.25) is 0 Å². The van der Waals surface area contributed by atoms with Gasteiger partial charge in [0.2, 0.25) is 0 Å². The van der Waals surface area contributed by atoms with Crippen LogP contribution in [0.5, 0.6) is 0 Å². The van der Waals surface area contributed by atoms with E-state index in [0.717, 1.165) is 0 Å². The Morgan fingerprint density at radius 1 is 1.05 bits per heavy atom. The predicted molar refractivity (Wildman–Crippen MR) is 59.9 cm³/mol. The summed E-state index contributed by atoms with van der Waals surface area (Å²) in [5.74, 6) is -3.59. The molecule has 7 heteroatoms. The average Bonchev–Trinajstić information content (AvgIpc) is 2.70. The van der Waals surface area contributed by atoms with Crippen LogP contribution in [0, 0.1) is 0 Å². The van der Waals surface area contributed by atoms with Crippen LogP contribution < -0.4 is 0 Å². The van der Waals surface area contributed by atoms with E-state index in [0.29, 0.717) is 5.06 Å². The molecule has 0 spiro atoms. The van der Waals surface area contributed by atoms with E-state index in [1.165, 1.54) is 24.3 Å². The standard InChI is InChI=1S/C12H9NO6/c14-9-5-6-10(15)13(9)19-12(18)8-4-2-1-3-7(8)11(16)17/h1-4H,5-6H2,(H,16,17). The number of hydroxylamine groups is 2. The van der Waals surface area contributed by atoms with Gasteiger partial charge in [0.05, 0.1) is 11.1 Å². The van der Waals surface area contributed by atoms with Crippen molar-refractivity contribution in [1.82, 2.24) is 5.06 Å². The first-order chi connectivity index (χ1) is 9.00. The molecule has 1 aromatic carbocycles. The van der Waals surface area contributed by atoms with Crippen LogP contribution in [0.25, 0.3) is 0 Å². The zero-order valence-corrected chi connectivity index (χ0v) is 9.66. The Hall–Kier alpha value is -2.70. The number of carbonyl (C=O) groups is 4. The van der Waals surface area contributed by atoms with E-state index in [9.17, 15) is 19.2 Å². The lowest BCUT2D eigenvalue weighted by atomic mass is 10.1. The fourth-order valence-corrected chi connectivity index (χ4v) is 1.64. The number of rotatable bonds is 3. The minimum Gasteiger partial charge on any atom is -0.478 e. The molecule has 0 bridgehead atoms. The van der Waals surface area contributed by atoms with Crippen LogP contribution in [0.4, 0.5) is 0 Å². The molecule has 2 amide bonds. The minimum atomic E-state index is -1.30. The van der Waals surface area contributed by atoms with Gasteiger partial charge in [-0.3, -0.25) is 9.59 Å². The van der Waals surface area contributed by atoms with Crippen molar-refractivity contribution in [2.24, 2.45) is 0 Å². The molecule has 1 N–H and O–H groups in total. The third-order valence-corrected chi connectivity index (χ3v) is 2.56. The molecule has 1 aliphatic heterocycles. The van der Waals surface area contributed by atoms with E-state index in [2.05, 4.69) is 4.84 Å². The first-order valence-corrected chi connectivity index (χ1v) is 5.41. The number of benzene rings is 1. The molecule has 0 atom stereocenters. The molecule has 1 heterocycles. The van der Waals surface area contributed by atoms with Gasteiger partial charge in [0, 0.05) is 12.8 Å². The monoisotopic (exact) mass is 263 g/mol. The molecule has 0 aliphatic carbocycles. The number of aromatic carboxylic acids is 1. The topological polar surface area (TPSA) is 101 Å². The van der Waals surface area contributed by atoms with E-state index in [-0.39, 0.29) is 24.0 Å². The van der Waals surface area contributed by atoms with Gasteiger partial charge in [0.1, 0.15) is 0 Å². The van der Waals surface area contributed by atoms with Crippen LogP contribution in [0.3, 0.4) is 0 Å². The number of hydrogen-bond donors (Lipinski definition) is 1. The van der Waals surface area contributed by atoms with Crippen LogP contribution >= 0.6 is 0 Å². The normalized spacial score (nSPS) is 14.6. The zero-order valence-electron chi connectivity index (χ0n) is 9.66. The highest BCUT2D eigenvalue weighted by molar-refractivity contribution is 6.05. The highest BCUT2D eigenvalue weighted by atomic mass is 16.7. The summed E-state index contributed by atoms with van der Waals surface area (Å²) in [6.07, 6.45) is -0.0423. The van der Waals surface area contributed by atoms with Gasteiger partial charge in [-0.05, 0) is 12.1 Å². The summed E-state index contributed by atoms with van der Waals surface area (Å²) in [6, 6.07) is 5.38. The zero-order chi connectivity index (χ0) is 14.0. The molecule has 0 unspecified atom stereocenters. The second kappa shape index (κ2) is 4.89. The molecular formula is C12H9NO6. The molecule has 98 valence electrons. The minimum absolute atomic E-state index is 0.0211. The number of carbonyl (C=O) groups excluding carboxylic acids is 3. The first-order valence-electron chi connectivity index (χ1n) is 5.41. The van der Waals surface area contributed by atoms with Crippen LogP contribution in [-0.4, -0.2) is 33.9 Å². The molecule has 0 aromatic heterocycles. The van der Waals surface area contributed by atoms with E-state index >= 15 is 0 Å². The summed E-state index contributed by atoms with van der Waals surface area (Å²) in [6.45, 7) is 0. The van der Waals surface area contributed by atoms with Gasteiger partial charge in [-0.1, -0.05) is 12.1 Å². The Labute approximate surface area is 107 Å². The van der Waals surface area contributed by atoms with Crippen molar-refractivity contribution in [3.8, 4) is 0 Å². The van der Waals surface area contributed by atoms with E-state index in [1.54, 1.807) is 0 Å². The third kappa shape index (κ3) is 2.44. The van der Waals surface area contributed by atoms with Crippen molar-refractivity contribution >= 4 is 23.8 Å². The molecule has 7 nitrogen and oxygen atoms in total. The van der Waals surface area contributed by atoms with Crippen LogP contribution in [0.15, 0.2) is 24.3 Å². The number of hydrogen-bond acceptors (Lipinski definition) is 5. The maximum Gasteiger partial charge on any atom is 0.364 e. The summed E-state index contributed by atoms with van der Waals surface area (Å²) in [5.41, 5.74) is -0.478. The number of nitrogens with zero attached hydrogens (tertiary/aromatic N) is 1. The molecule has 0 radical (unpaired) electrons. The Kier molecular flexibility index (Phi) is 3.28. The van der Waals surface area contributed by atoms with Crippen molar-refractivity contribution in [2.45, 2.75) is 12.8 Å². The SMILES string of the molecule is O=C(O)c1ccccc1C(=O)ON1C(=O)CCC1=O. The van der Waals surface area contributed by atoms with E-state index < -0.39 is 23.8 Å². The lowest BCUT2D eigenvalue weighted by Crippen LogP contribution is -2.32. The number of amides is 2. The fraction of sp³-hybridized carbons (Fsp3) is 0.167. The molecule has 1 saturated heterocycles. The predicted octanol–water partition coefficient (Wildman–Crippen LogP) is 0.606. The largest absolute Gasteiger partial charge is 0.478 e. The van der Waals surface area contributed by atoms with E-state index in [4.69, 9.17) is 5.11 Å². The van der Waals surface area contributed by atoms with Crippen molar-refractivity contribution < 1.29 is 29.1 Å². The smallest absolute Gasteiger partial charge is 0.364 e. The molecular weight excluding hydrogens is 254 g/mol. The van der Waals surface area contributed by atoms with E-state index in [1.807, 2.05) is 0 Å². The van der Waals surface area contributed by atoms with Gasteiger partial charge in [0.15, 0.2) is 0 Å². The van der Waals surface area contributed by atoms with Crippen molar-refractivity contribution in [3.05, 3.63) is 35.4 Å². The number of imide groups is 1. The van der Waals surface area contributed by atoms with Gasteiger partial charge in [-0.2, -0.15) is 0 Å². The Balaban J connectivity index is 2.23. The summed E-state index contributed by atoms with van der Waals surface area (Å²) in [7, 11) is 0. The highest BCUT2D eigenvalue weighted by Gasteiger charge is 2.33. The van der Waals surface area contributed by atoms with Crippen molar-refractivity contribution in [3.63, 3.8) is 0 Å². The van der Waals surface area contributed by atoms with Gasteiger partial charge in [-0.25, -0.2) is 9.59 Å². The number of carboxylic acid groups (broad SMARTS) is 1. The first kappa shape index (κ1) is 12.7. The molecule has 1 fully saturated rings. The number of carboxylic acids is 1. The Morgan fingerprint density at radius 3 is 2.11 bits per heavy atom. The maximum absolute atomic E-state index is 11.8. The van der Waals surface area contributed by atoms with Crippen LogP contribution in [0.1, 0.15) is 33.6 Å². The lowest BCUT2D eigenvalue weighted by Gasteiger charge is -2.13. The summed E-state index contributed by atoms with van der Waals surface area (Å²) in [5, 5.41) is 9.30. The summed E-state index contributed by atoms with van der Waals surface area (Å²) >= 11 is 0. The van der Waals surface area contributed by atoms with Gasteiger partial charge in [-0.15, -0.1) is 5.06 Å². The Bertz CT molecular complexity index is 563. The molecule has 19 heavy (non-hydrogen) atoms. The van der Waals surface area contributed by atoms with Gasteiger partial charge < -0.3 is 9.94 Å². The second-order valence-corrected chi connectivity index (χ2v) is 3.81. The Morgan fingerprint density at radius 2 is 1.58 bits per heavy atom. The van der Waals surface area contributed by atoms with Crippen LogP contribution in [-0.2, 0) is 14.4 Å². The fourth-order valence-electron chi connectivity index (χ4n) is 1.64. The molecule has 1 aromatic rings. The second-order valence-electron chi connectivity index (χ2n) is 3.81. The molecule has 0 saturated carbocycles. The van der Waals surface area contributed by atoms with Crippen molar-refractivity contribution in [2.75, 3.05) is 0 Å². The quantitative estimate of drug-likeness (QED) is 0.801.